The Labute approximate surface area is 150 Å². The summed E-state index contributed by atoms with van der Waals surface area (Å²) < 4.78 is 4.76. The van der Waals surface area contributed by atoms with Crippen molar-refractivity contribution in [1.29, 1.82) is 0 Å². The highest BCUT2D eigenvalue weighted by molar-refractivity contribution is 7.80. The molecule has 126 valence electrons. The van der Waals surface area contributed by atoms with Crippen molar-refractivity contribution in [2.24, 2.45) is 0 Å². The predicted octanol–water partition coefficient (Wildman–Crippen LogP) is 2.99. The second-order valence-corrected chi connectivity index (χ2v) is 7.30. The van der Waals surface area contributed by atoms with Crippen molar-refractivity contribution in [3.05, 3.63) is 52.0 Å². The molecule has 0 aromatic carbocycles. The van der Waals surface area contributed by atoms with Gasteiger partial charge in [-0.1, -0.05) is 6.07 Å². The third-order valence-corrected chi connectivity index (χ3v) is 5.46. The summed E-state index contributed by atoms with van der Waals surface area (Å²) in [6, 6.07) is 10.1. The maximum Gasteiger partial charge on any atom is 0.307 e. The molecule has 5 nitrogen and oxygen atoms in total. The third kappa shape index (κ3) is 3.42. The molecule has 0 amide bonds. The van der Waals surface area contributed by atoms with Crippen LogP contribution in [-0.4, -0.2) is 34.6 Å². The molecule has 7 heteroatoms. The van der Waals surface area contributed by atoms with E-state index in [1.165, 1.54) is 16.9 Å². The second-order valence-electron chi connectivity index (χ2n) is 5.59. The van der Waals surface area contributed by atoms with E-state index in [2.05, 4.69) is 34.3 Å². The smallest absolute Gasteiger partial charge is 0.307 e. The molecule has 2 aromatic heterocycles. The molecule has 0 bridgehead atoms. The zero-order chi connectivity index (χ0) is 17.1. The number of thiocarbonyl (C=S) groups is 1. The Balaban J connectivity index is 1.92. The number of esters is 1. The maximum absolute atomic E-state index is 11.6. The molecule has 0 spiro atoms. The summed E-state index contributed by atoms with van der Waals surface area (Å²) in [4.78, 5) is 20.6. The van der Waals surface area contributed by atoms with E-state index < -0.39 is 0 Å². The Hall–Kier alpha value is -1.99. The maximum atomic E-state index is 11.6. The van der Waals surface area contributed by atoms with Crippen molar-refractivity contribution in [2.75, 3.05) is 13.7 Å². The number of hydrogen-bond donors (Lipinski definition) is 1. The third-order valence-electron chi connectivity index (χ3n) is 4.03. The Kier molecular flexibility index (Phi) is 5.11. The molecular weight excluding hydrogens is 342 g/mol. The highest BCUT2D eigenvalue weighted by Gasteiger charge is 2.40. The number of carbonyl (C=O) groups is 1. The van der Waals surface area contributed by atoms with Crippen LogP contribution in [0.5, 0.6) is 0 Å². The van der Waals surface area contributed by atoms with Gasteiger partial charge in [-0.05, 0) is 43.4 Å². The first-order chi connectivity index (χ1) is 11.6. The van der Waals surface area contributed by atoms with Gasteiger partial charge in [0.05, 0.1) is 31.3 Å². The van der Waals surface area contributed by atoms with Gasteiger partial charge in [0.2, 0.25) is 0 Å². The number of thiophene rings is 1. The van der Waals surface area contributed by atoms with Gasteiger partial charge in [-0.25, -0.2) is 0 Å². The van der Waals surface area contributed by atoms with Gasteiger partial charge in [0.1, 0.15) is 0 Å². The van der Waals surface area contributed by atoms with Crippen LogP contribution in [0.1, 0.15) is 34.0 Å². The highest BCUT2D eigenvalue weighted by atomic mass is 32.1. The molecule has 2 atom stereocenters. The van der Waals surface area contributed by atoms with Crippen molar-refractivity contribution in [2.45, 2.75) is 25.4 Å². The minimum atomic E-state index is -0.236. The molecule has 3 rings (SSSR count). The fourth-order valence-electron chi connectivity index (χ4n) is 2.88. The summed E-state index contributed by atoms with van der Waals surface area (Å²) in [5, 5.41) is 4.01. The monoisotopic (exact) mass is 361 g/mol. The topological polar surface area (TPSA) is 54.5 Å². The SMILES string of the molecule is COC(=O)CCN1C(=S)N[C@@H](c2ccccn2)[C@H]1c1ccc(C)s1. The van der Waals surface area contributed by atoms with Crippen LogP contribution < -0.4 is 5.32 Å². The van der Waals surface area contributed by atoms with Gasteiger partial charge < -0.3 is 15.0 Å². The van der Waals surface area contributed by atoms with E-state index in [-0.39, 0.29) is 18.1 Å². The Bertz CT molecular complexity index is 732. The van der Waals surface area contributed by atoms with Crippen LogP contribution in [0.15, 0.2) is 36.5 Å². The van der Waals surface area contributed by atoms with E-state index in [9.17, 15) is 4.79 Å². The summed E-state index contributed by atoms with van der Waals surface area (Å²) in [7, 11) is 1.40. The molecule has 0 unspecified atom stereocenters. The van der Waals surface area contributed by atoms with Gasteiger partial charge in [0.25, 0.3) is 0 Å². The van der Waals surface area contributed by atoms with Gasteiger partial charge in [-0.3, -0.25) is 9.78 Å². The Morgan fingerprint density at radius 2 is 2.25 bits per heavy atom. The Morgan fingerprint density at radius 3 is 2.88 bits per heavy atom. The van der Waals surface area contributed by atoms with Gasteiger partial charge in [0.15, 0.2) is 5.11 Å². The van der Waals surface area contributed by atoms with Crippen LogP contribution in [0, 0.1) is 6.92 Å². The average molecular weight is 361 g/mol. The van der Waals surface area contributed by atoms with Crippen LogP contribution in [0.25, 0.3) is 0 Å². The Morgan fingerprint density at radius 1 is 1.42 bits per heavy atom. The molecule has 0 radical (unpaired) electrons. The molecule has 1 aliphatic heterocycles. The zero-order valence-corrected chi connectivity index (χ0v) is 15.2. The molecular formula is C17H19N3O2S2. The first kappa shape index (κ1) is 16.9. The number of carbonyl (C=O) groups excluding carboxylic acids is 1. The number of aryl methyl sites for hydroxylation is 1. The molecule has 1 N–H and O–H groups in total. The average Bonchev–Trinajstić information content (AvgIpc) is 3.16. The van der Waals surface area contributed by atoms with Crippen molar-refractivity contribution >= 4 is 34.6 Å². The number of nitrogens with zero attached hydrogens (tertiary/aromatic N) is 2. The van der Waals surface area contributed by atoms with E-state index in [4.69, 9.17) is 17.0 Å². The predicted molar refractivity (Wildman–Crippen MR) is 97.8 cm³/mol. The molecule has 0 aliphatic carbocycles. The molecule has 24 heavy (non-hydrogen) atoms. The number of hydrogen-bond acceptors (Lipinski definition) is 5. The quantitative estimate of drug-likeness (QED) is 0.653. The standard InChI is InChI=1S/C17H19N3O2S2/c1-11-6-7-13(24-11)16-15(12-5-3-4-9-18-12)19-17(23)20(16)10-8-14(21)22-2/h3-7,9,15-16H,8,10H2,1-2H3,(H,19,23)/t15-,16+/m0/s1. The van der Waals surface area contributed by atoms with Gasteiger partial charge in [-0.2, -0.15) is 0 Å². The number of rotatable bonds is 5. The second kappa shape index (κ2) is 7.27. The lowest BCUT2D eigenvalue weighted by atomic mass is 10.0. The van der Waals surface area contributed by atoms with Crippen molar-refractivity contribution < 1.29 is 9.53 Å². The molecule has 1 fully saturated rings. The molecule has 1 aliphatic rings. The summed E-state index contributed by atoms with van der Waals surface area (Å²) in [6.45, 7) is 2.60. The number of methoxy groups -OCH3 is 1. The molecule has 1 saturated heterocycles. The van der Waals surface area contributed by atoms with Gasteiger partial charge in [-0.15, -0.1) is 11.3 Å². The first-order valence-corrected chi connectivity index (χ1v) is 8.94. The minimum absolute atomic E-state index is 0.0238. The summed E-state index contributed by atoms with van der Waals surface area (Å²) in [5.74, 6) is -0.236. The fraction of sp³-hybridized carbons (Fsp3) is 0.353. The van der Waals surface area contributed by atoms with E-state index in [0.29, 0.717) is 18.1 Å². The minimum Gasteiger partial charge on any atom is -0.469 e. The fourth-order valence-corrected chi connectivity index (χ4v) is 4.24. The number of pyridine rings is 1. The number of aromatic nitrogens is 1. The van der Waals surface area contributed by atoms with Crippen LogP contribution in [0.3, 0.4) is 0 Å². The molecule has 0 saturated carbocycles. The molecule has 2 aromatic rings. The van der Waals surface area contributed by atoms with Crippen LogP contribution in [0.2, 0.25) is 0 Å². The van der Waals surface area contributed by atoms with Crippen LogP contribution >= 0.6 is 23.6 Å². The lowest BCUT2D eigenvalue weighted by molar-refractivity contribution is -0.140. The van der Waals surface area contributed by atoms with Crippen LogP contribution in [-0.2, 0) is 9.53 Å². The van der Waals surface area contributed by atoms with Gasteiger partial charge >= 0.3 is 5.97 Å². The molecule has 3 heterocycles. The summed E-state index contributed by atoms with van der Waals surface area (Å²) in [6.07, 6.45) is 2.09. The number of ether oxygens (including phenoxy) is 1. The lowest BCUT2D eigenvalue weighted by Crippen LogP contribution is -2.31. The number of nitrogens with one attached hydrogen (secondary N) is 1. The van der Waals surface area contributed by atoms with Crippen LogP contribution in [0.4, 0.5) is 0 Å². The van der Waals surface area contributed by atoms with E-state index in [0.717, 1.165) is 5.69 Å². The lowest BCUT2D eigenvalue weighted by Gasteiger charge is -2.26. The van der Waals surface area contributed by atoms with Crippen molar-refractivity contribution in [3.8, 4) is 0 Å². The highest BCUT2D eigenvalue weighted by Crippen LogP contribution is 2.41. The zero-order valence-electron chi connectivity index (χ0n) is 13.6. The summed E-state index contributed by atoms with van der Waals surface area (Å²) in [5.41, 5.74) is 0.941. The normalized spacial score (nSPS) is 20.1. The summed E-state index contributed by atoms with van der Waals surface area (Å²) >= 11 is 7.27. The largest absolute Gasteiger partial charge is 0.469 e. The van der Waals surface area contributed by atoms with Crippen molar-refractivity contribution in [1.82, 2.24) is 15.2 Å². The van der Waals surface area contributed by atoms with E-state index in [1.807, 2.05) is 18.2 Å². The van der Waals surface area contributed by atoms with Crippen molar-refractivity contribution in [3.63, 3.8) is 0 Å². The first-order valence-electron chi connectivity index (χ1n) is 7.71. The van der Waals surface area contributed by atoms with Gasteiger partial charge in [0, 0.05) is 22.5 Å². The van der Waals surface area contributed by atoms with E-state index >= 15 is 0 Å². The van der Waals surface area contributed by atoms with E-state index in [1.54, 1.807) is 17.5 Å².